The molecular formula is C15H15N3O2. The summed E-state index contributed by atoms with van der Waals surface area (Å²) in [5.74, 6) is 0.966. The van der Waals surface area contributed by atoms with Gasteiger partial charge in [0.1, 0.15) is 17.8 Å². The van der Waals surface area contributed by atoms with Crippen LogP contribution in [0, 0.1) is 0 Å². The summed E-state index contributed by atoms with van der Waals surface area (Å²) in [4.78, 5) is 20.4. The van der Waals surface area contributed by atoms with E-state index in [0.717, 1.165) is 18.5 Å². The minimum Gasteiger partial charge on any atom is -0.497 e. The molecule has 1 aliphatic rings. The Morgan fingerprint density at radius 2 is 2.15 bits per heavy atom. The first kappa shape index (κ1) is 12.6. The van der Waals surface area contributed by atoms with Crippen molar-refractivity contribution in [3.8, 4) is 5.75 Å². The molecule has 3 rings (SSSR count). The Morgan fingerprint density at radius 1 is 1.30 bits per heavy atom. The fourth-order valence-corrected chi connectivity index (χ4v) is 1.99. The summed E-state index contributed by atoms with van der Waals surface area (Å²) >= 11 is 0. The monoisotopic (exact) mass is 269 g/mol. The molecule has 0 bridgehead atoms. The molecule has 0 aliphatic heterocycles. The number of methoxy groups -OCH3 is 1. The lowest BCUT2D eigenvalue weighted by atomic mass is 10.2. The highest BCUT2D eigenvalue weighted by Gasteiger charge is 2.25. The Hall–Kier alpha value is -2.43. The Kier molecular flexibility index (Phi) is 3.33. The molecule has 1 saturated carbocycles. The second-order valence-electron chi connectivity index (χ2n) is 4.79. The normalized spacial score (nSPS) is 13.8. The van der Waals surface area contributed by atoms with Gasteiger partial charge < -0.3 is 10.1 Å². The van der Waals surface area contributed by atoms with Crippen LogP contribution < -0.4 is 10.1 Å². The van der Waals surface area contributed by atoms with Crippen molar-refractivity contribution >= 4 is 11.6 Å². The fourth-order valence-electron chi connectivity index (χ4n) is 1.99. The molecule has 1 heterocycles. The van der Waals surface area contributed by atoms with Crippen LogP contribution in [0.15, 0.2) is 36.7 Å². The van der Waals surface area contributed by atoms with E-state index in [1.54, 1.807) is 19.2 Å². The minimum absolute atomic E-state index is 0.234. The largest absolute Gasteiger partial charge is 0.497 e. The van der Waals surface area contributed by atoms with Gasteiger partial charge in [-0.3, -0.25) is 4.79 Å². The van der Waals surface area contributed by atoms with Gasteiger partial charge in [-0.25, -0.2) is 9.97 Å². The van der Waals surface area contributed by atoms with Gasteiger partial charge in [-0.2, -0.15) is 0 Å². The quantitative estimate of drug-likeness (QED) is 0.926. The molecule has 0 radical (unpaired) electrons. The van der Waals surface area contributed by atoms with Crippen molar-refractivity contribution in [3.05, 3.63) is 48.0 Å². The predicted octanol–water partition coefficient (Wildman–Crippen LogP) is 2.61. The van der Waals surface area contributed by atoms with Crippen LogP contribution in [0.5, 0.6) is 5.75 Å². The number of rotatable bonds is 4. The van der Waals surface area contributed by atoms with Gasteiger partial charge in [-0.05, 0) is 31.0 Å². The van der Waals surface area contributed by atoms with E-state index in [1.165, 1.54) is 6.33 Å². The molecule has 1 amide bonds. The summed E-state index contributed by atoms with van der Waals surface area (Å²) < 4.78 is 5.12. The average Bonchev–Trinajstić information content (AvgIpc) is 3.32. The van der Waals surface area contributed by atoms with Crippen molar-refractivity contribution in [2.75, 3.05) is 12.4 Å². The van der Waals surface area contributed by atoms with Gasteiger partial charge >= 0.3 is 0 Å². The molecule has 2 aromatic rings. The number of amides is 1. The number of carbonyl (C=O) groups is 1. The smallest absolute Gasteiger partial charge is 0.274 e. The maximum absolute atomic E-state index is 12.2. The van der Waals surface area contributed by atoms with E-state index in [1.807, 2.05) is 18.2 Å². The molecule has 0 unspecified atom stereocenters. The third kappa shape index (κ3) is 2.77. The summed E-state index contributed by atoms with van der Waals surface area (Å²) in [6.07, 6.45) is 3.75. The van der Waals surface area contributed by atoms with Crippen LogP contribution in [0.2, 0.25) is 0 Å². The number of aromatic nitrogens is 2. The summed E-state index contributed by atoms with van der Waals surface area (Å²) in [6, 6.07) is 8.99. The third-order valence-corrected chi connectivity index (χ3v) is 3.24. The second kappa shape index (κ2) is 5.28. The Bertz CT molecular complexity index is 639. The van der Waals surface area contributed by atoms with E-state index >= 15 is 0 Å². The number of carbonyl (C=O) groups excluding carboxylic acids is 1. The number of hydrogen-bond acceptors (Lipinski definition) is 4. The highest BCUT2D eigenvalue weighted by atomic mass is 16.5. The molecule has 0 spiro atoms. The summed E-state index contributed by atoms with van der Waals surface area (Å²) in [6.45, 7) is 0. The van der Waals surface area contributed by atoms with Crippen LogP contribution in [0.1, 0.15) is 34.9 Å². The molecule has 0 saturated heterocycles. The van der Waals surface area contributed by atoms with Gasteiger partial charge in [-0.15, -0.1) is 0 Å². The van der Waals surface area contributed by atoms with Crippen molar-refractivity contribution in [3.63, 3.8) is 0 Å². The highest BCUT2D eigenvalue weighted by molar-refractivity contribution is 6.02. The predicted molar refractivity (Wildman–Crippen MR) is 75.0 cm³/mol. The lowest BCUT2D eigenvalue weighted by Gasteiger charge is -2.07. The Balaban J connectivity index is 1.76. The molecule has 20 heavy (non-hydrogen) atoms. The van der Waals surface area contributed by atoms with E-state index in [4.69, 9.17) is 4.74 Å². The topological polar surface area (TPSA) is 64.1 Å². The molecule has 1 aromatic carbocycles. The van der Waals surface area contributed by atoms with Gasteiger partial charge in [0.15, 0.2) is 0 Å². The van der Waals surface area contributed by atoms with Crippen LogP contribution in [0.4, 0.5) is 5.69 Å². The van der Waals surface area contributed by atoms with Crippen molar-refractivity contribution in [1.29, 1.82) is 0 Å². The zero-order chi connectivity index (χ0) is 13.9. The van der Waals surface area contributed by atoms with Crippen LogP contribution in [-0.2, 0) is 0 Å². The zero-order valence-corrected chi connectivity index (χ0v) is 11.2. The average molecular weight is 269 g/mol. The lowest BCUT2D eigenvalue weighted by Crippen LogP contribution is -2.14. The number of hydrogen-bond donors (Lipinski definition) is 1. The van der Waals surface area contributed by atoms with E-state index in [-0.39, 0.29) is 5.91 Å². The number of anilines is 1. The first-order valence-electron chi connectivity index (χ1n) is 6.53. The zero-order valence-electron chi connectivity index (χ0n) is 11.2. The molecule has 0 atom stereocenters. The number of ether oxygens (including phenoxy) is 1. The fraction of sp³-hybridized carbons (Fsp3) is 0.267. The van der Waals surface area contributed by atoms with Gasteiger partial charge in [-0.1, -0.05) is 6.07 Å². The third-order valence-electron chi connectivity index (χ3n) is 3.24. The summed E-state index contributed by atoms with van der Waals surface area (Å²) in [5, 5.41) is 2.81. The minimum atomic E-state index is -0.234. The summed E-state index contributed by atoms with van der Waals surface area (Å²) in [7, 11) is 1.59. The van der Waals surface area contributed by atoms with E-state index in [9.17, 15) is 4.79 Å². The summed E-state index contributed by atoms with van der Waals surface area (Å²) in [5.41, 5.74) is 2.03. The number of nitrogens with one attached hydrogen (secondary N) is 1. The maximum atomic E-state index is 12.2. The molecule has 1 aliphatic carbocycles. The van der Waals surface area contributed by atoms with Crippen molar-refractivity contribution in [2.24, 2.45) is 0 Å². The van der Waals surface area contributed by atoms with Crippen molar-refractivity contribution in [1.82, 2.24) is 9.97 Å². The number of benzene rings is 1. The molecule has 1 fully saturated rings. The van der Waals surface area contributed by atoms with Crippen LogP contribution in [-0.4, -0.2) is 23.0 Å². The van der Waals surface area contributed by atoms with Gasteiger partial charge in [0.2, 0.25) is 0 Å². The van der Waals surface area contributed by atoms with Crippen LogP contribution in [0.25, 0.3) is 0 Å². The molecule has 5 nitrogen and oxygen atoms in total. The highest BCUT2D eigenvalue weighted by Crippen LogP contribution is 2.38. The first-order valence-corrected chi connectivity index (χ1v) is 6.53. The molecule has 5 heteroatoms. The van der Waals surface area contributed by atoms with E-state index in [2.05, 4.69) is 15.3 Å². The van der Waals surface area contributed by atoms with Gasteiger partial charge in [0.05, 0.1) is 7.11 Å². The Labute approximate surface area is 117 Å². The molecule has 1 N–H and O–H groups in total. The van der Waals surface area contributed by atoms with Crippen LogP contribution >= 0.6 is 0 Å². The molecular weight excluding hydrogens is 254 g/mol. The van der Waals surface area contributed by atoms with E-state index in [0.29, 0.717) is 23.0 Å². The number of nitrogens with zero attached hydrogens (tertiary/aromatic N) is 2. The van der Waals surface area contributed by atoms with Crippen LogP contribution in [0.3, 0.4) is 0 Å². The second-order valence-corrected chi connectivity index (χ2v) is 4.79. The first-order chi connectivity index (χ1) is 9.76. The van der Waals surface area contributed by atoms with Gasteiger partial charge in [0, 0.05) is 23.4 Å². The van der Waals surface area contributed by atoms with Crippen molar-refractivity contribution < 1.29 is 9.53 Å². The maximum Gasteiger partial charge on any atom is 0.274 e. The van der Waals surface area contributed by atoms with E-state index < -0.39 is 0 Å². The standard InChI is InChI=1S/C15H15N3O2/c1-20-12-4-2-3-11(7-12)18-15(19)14-8-13(10-5-6-10)16-9-17-14/h2-4,7-10H,5-6H2,1H3,(H,18,19). The van der Waals surface area contributed by atoms with Gasteiger partial charge in [0.25, 0.3) is 5.91 Å². The lowest BCUT2D eigenvalue weighted by molar-refractivity contribution is 0.102. The SMILES string of the molecule is COc1cccc(NC(=O)c2cc(C3CC3)ncn2)c1. The molecule has 102 valence electrons. The van der Waals surface area contributed by atoms with Crippen molar-refractivity contribution in [2.45, 2.75) is 18.8 Å². The Morgan fingerprint density at radius 3 is 2.90 bits per heavy atom. The molecule has 1 aromatic heterocycles.